The predicted molar refractivity (Wildman–Crippen MR) is 77.2 cm³/mol. The molecule has 0 atom stereocenters. The zero-order valence-electron chi connectivity index (χ0n) is 12.4. The number of rotatable bonds is 5. The Kier molecular flexibility index (Phi) is 4.76. The van der Waals surface area contributed by atoms with E-state index < -0.39 is 21.5 Å². The lowest BCUT2D eigenvalue weighted by molar-refractivity contribution is -0.146. The summed E-state index contributed by atoms with van der Waals surface area (Å²) in [6.45, 7) is 5.93. The Morgan fingerprint density at radius 1 is 1.43 bits per heavy atom. The molecule has 1 aromatic carbocycles. The van der Waals surface area contributed by atoms with E-state index in [1.54, 1.807) is 13.8 Å². The van der Waals surface area contributed by atoms with Crippen LogP contribution in [-0.2, 0) is 14.8 Å². The van der Waals surface area contributed by atoms with Crippen molar-refractivity contribution in [3.8, 4) is 6.07 Å². The molecule has 7 heteroatoms. The van der Waals surface area contributed by atoms with Crippen molar-refractivity contribution in [1.29, 1.82) is 5.26 Å². The van der Waals surface area contributed by atoms with Crippen LogP contribution in [-0.4, -0.2) is 35.9 Å². The van der Waals surface area contributed by atoms with E-state index in [0.29, 0.717) is 11.1 Å². The van der Waals surface area contributed by atoms with E-state index in [9.17, 15) is 18.3 Å². The van der Waals surface area contributed by atoms with Crippen molar-refractivity contribution >= 4 is 16.0 Å². The summed E-state index contributed by atoms with van der Waals surface area (Å²) >= 11 is 0. The van der Waals surface area contributed by atoms with Crippen LogP contribution >= 0.6 is 0 Å². The highest BCUT2D eigenvalue weighted by Crippen LogP contribution is 2.26. The Balaban J connectivity index is 3.43. The molecule has 0 aliphatic heterocycles. The van der Waals surface area contributed by atoms with Gasteiger partial charge in [-0.05, 0) is 44.5 Å². The first-order valence-corrected chi connectivity index (χ1v) is 7.80. The second-order valence-electron chi connectivity index (χ2n) is 5.12. The van der Waals surface area contributed by atoms with E-state index in [-0.39, 0.29) is 11.4 Å². The maximum Gasteiger partial charge on any atom is 0.324 e. The van der Waals surface area contributed by atoms with Gasteiger partial charge in [-0.2, -0.15) is 9.57 Å². The summed E-state index contributed by atoms with van der Waals surface area (Å²) in [4.78, 5) is 11.3. The van der Waals surface area contributed by atoms with Gasteiger partial charge in [-0.25, -0.2) is 8.42 Å². The zero-order chi connectivity index (χ0) is 16.4. The molecule has 21 heavy (non-hydrogen) atoms. The van der Waals surface area contributed by atoms with E-state index in [2.05, 4.69) is 0 Å². The summed E-state index contributed by atoms with van der Waals surface area (Å²) in [6, 6.07) is 6.09. The molecule has 0 aliphatic carbocycles. The van der Waals surface area contributed by atoms with E-state index in [0.717, 1.165) is 4.31 Å². The van der Waals surface area contributed by atoms with Gasteiger partial charge in [0, 0.05) is 6.54 Å². The third kappa shape index (κ3) is 3.06. The number of carbonyl (C=O) groups is 1. The van der Waals surface area contributed by atoms with Crippen LogP contribution in [0.1, 0.15) is 31.9 Å². The summed E-state index contributed by atoms with van der Waals surface area (Å²) in [6.07, 6.45) is 0. The Morgan fingerprint density at radius 2 is 2.00 bits per heavy atom. The van der Waals surface area contributed by atoms with Gasteiger partial charge in [-0.3, -0.25) is 4.79 Å². The van der Waals surface area contributed by atoms with Crippen LogP contribution in [0.2, 0.25) is 0 Å². The normalized spacial score (nSPS) is 12.2. The fourth-order valence-corrected chi connectivity index (χ4v) is 3.86. The van der Waals surface area contributed by atoms with Gasteiger partial charge in [0.15, 0.2) is 0 Å². The fraction of sp³-hybridized carbons (Fsp3) is 0.429. The number of benzene rings is 1. The lowest BCUT2D eigenvalue weighted by Crippen LogP contribution is -2.52. The van der Waals surface area contributed by atoms with E-state index in [1.807, 2.05) is 6.07 Å². The number of sulfonamides is 1. The number of nitriles is 1. The number of hydrogen-bond acceptors (Lipinski definition) is 4. The number of carboxylic acids is 1. The minimum atomic E-state index is -3.96. The topological polar surface area (TPSA) is 98.5 Å². The summed E-state index contributed by atoms with van der Waals surface area (Å²) in [5.41, 5.74) is -0.646. The first kappa shape index (κ1) is 17.1. The molecule has 0 aliphatic rings. The van der Waals surface area contributed by atoms with E-state index in [1.165, 1.54) is 32.0 Å². The van der Waals surface area contributed by atoms with Gasteiger partial charge in [-0.15, -0.1) is 0 Å². The summed E-state index contributed by atoms with van der Waals surface area (Å²) < 4.78 is 26.2. The molecule has 1 rings (SSSR count). The van der Waals surface area contributed by atoms with Crippen LogP contribution in [0.3, 0.4) is 0 Å². The second kappa shape index (κ2) is 5.84. The van der Waals surface area contributed by atoms with Gasteiger partial charge in [-0.1, -0.05) is 6.92 Å². The number of hydrogen-bond donors (Lipinski definition) is 1. The molecule has 0 fully saturated rings. The molecule has 0 spiro atoms. The average Bonchev–Trinajstić information content (AvgIpc) is 2.38. The number of aliphatic carboxylic acids is 1. The van der Waals surface area contributed by atoms with Crippen LogP contribution in [0, 0.1) is 18.3 Å². The van der Waals surface area contributed by atoms with Crippen molar-refractivity contribution in [3.05, 3.63) is 29.3 Å². The van der Waals surface area contributed by atoms with Crippen LogP contribution in [0.4, 0.5) is 0 Å². The zero-order valence-corrected chi connectivity index (χ0v) is 13.2. The maximum absolute atomic E-state index is 12.6. The highest BCUT2D eigenvalue weighted by atomic mass is 32.2. The van der Waals surface area contributed by atoms with Crippen molar-refractivity contribution in [2.45, 2.75) is 38.1 Å². The molecule has 6 nitrogen and oxygen atoms in total. The number of carboxylic acid groups (broad SMARTS) is 1. The largest absolute Gasteiger partial charge is 0.480 e. The molecule has 0 amide bonds. The van der Waals surface area contributed by atoms with Crippen LogP contribution in [0.25, 0.3) is 0 Å². The fourth-order valence-electron chi connectivity index (χ4n) is 2.02. The van der Waals surface area contributed by atoms with Crippen molar-refractivity contribution in [3.63, 3.8) is 0 Å². The first-order chi connectivity index (χ1) is 9.58. The molecule has 0 aromatic heterocycles. The molecular weight excluding hydrogens is 292 g/mol. The Morgan fingerprint density at radius 3 is 2.38 bits per heavy atom. The molecule has 114 valence electrons. The van der Waals surface area contributed by atoms with Gasteiger partial charge in [0.1, 0.15) is 5.54 Å². The molecule has 0 bridgehead atoms. The van der Waals surface area contributed by atoms with Gasteiger partial charge < -0.3 is 5.11 Å². The lowest BCUT2D eigenvalue weighted by atomic mass is 10.1. The average molecular weight is 310 g/mol. The SMILES string of the molecule is CCN(C(C)(C)C(=O)O)S(=O)(=O)c1ccc(C#N)c(C)c1. The Hall–Kier alpha value is -1.91. The molecule has 1 aromatic rings. The number of likely N-dealkylation sites (N-methyl/N-ethyl adjacent to an activating group) is 1. The monoisotopic (exact) mass is 310 g/mol. The van der Waals surface area contributed by atoms with Crippen molar-refractivity contribution in [1.82, 2.24) is 4.31 Å². The van der Waals surface area contributed by atoms with Gasteiger partial charge in [0.2, 0.25) is 10.0 Å². The minimum Gasteiger partial charge on any atom is -0.480 e. The molecule has 0 heterocycles. The maximum atomic E-state index is 12.6. The van der Waals surface area contributed by atoms with E-state index in [4.69, 9.17) is 5.26 Å². The second-order valence-corrected chi connectivity index (χ2v) is 6.98. The smallest absolute Gasteiger partial charge is 0.324 e. The highest BCUT2D eigenvalue weighted by Gasteiger charge is 2.41. The van der Waals surface area contributed by atoms with Crippen molar-refractivity contribution in [2.24, 2.45) is 0 Å². The molecule has 0 saturated heterocycles. The predicted octanol–water partition coefficient (Wildman–Crippen LogP) is 1.74. The third-order valence-electron chi connectivity index (χ3n) is 3.34. The highest BCUT2D eigenvalue weighted by molar-refractivity contribution is 7.89. The quantitative estimate of drug-likeness (QED) is 0.893. The van der Waals surface area contributed by atoms with Gasteiger partial charge in [0.25, 0.3) is 0 Å². The van der Waals surface area contributed by atoms with Crippen LogP contribution in [0.15, 0.2) is 23.1 Å². The Labute approximate surface area is 124 Å². The molecule has 0 saturated carbocycles. The summed E-state index contributed by atoms with van der Waals surface area (Å²) in [5.74, 6) is -1.22. The van der Waals surface area contributed by atoms with E-state index >= 15 is 0 Å². The van der Waals surface area contributed by atoms with Crippen LogP contribution < -0.4 is 0 Å². The number of nitrogens with zero attached hydrogens (tertiary/aromatic N) is 2. The van der Waals surface area contributed by atoms with Gasteiger partial charge >= 0.3 is 5.97 Å². The number of aryl methyl sites for hydroxylation is 1. The van der Waals surface area contributed by atoms with Gasteiger partial charge in [0.05, 0.1) is 16.5 Å². The molecule has 0 unspecified atom stereocenters. The Bertz CT molecular complexity index is 702. The minimum absolute atomic E-state index is 0.0184. The molecule has 0 radical (unpaired) electrons. The first-order valence-electron chi connectivity index (χ1n) is 6.36. The summed E-state index contributed by atoms with van der Waals surface area (Å²) in [7, 11) is -3.96. The van der Waals surface area contributed by atoms with Crippen molar-refractivity contribution in [2.75, 3.05) is 6.54 Å². The van der Waals surface area contributed by atoms with Crippen LogP contribution in [0.5, 0.6) is 0 Å². The van der Waals surface area contributed by atoms with Crippen molar-refractivity contribution < 1.29 is 18.3 Å². The molecule has 1 N–H and O–H groups in total. The molecular formula is C14H18N2O4S. The third-order valence-corrected chi connectivity index (χ3v) is 5.48. The summed E-state index contributed by atoms with van der Waals surface area (Å²) in [5, 5.41) is 18.1. The lowest BCUT2D eigenvalue weighted by Gasteiger charge is -2.33. The standard InChI is InChI=1S/C14H18N2O4S/c1-5-16(14(3,4)13(17)18)21(19,20)12-7-6-11(9-15)10(2)8-12/h6-8H,5H2,1-4H3,(H,17,18).